The van der Waals surface area contributed by atoms with E-state index in [0.717, 1.165) is 18.7 Å². The Morgan fingerprint density at radius 3 is 2.82 bits per heavy atom. The van der Waals surface area contributed by atoms with Gasteiger partial charge in [0.2, 0.25) is 0 Å². The molecule has 1 aliphatic heterocycles. The van der Waals surface area contributed by atoms with Gasteiger partial charge >= 0.3 is 0 Å². The summed E-state index contributed by atoms with van der Waals surface area (Å²) >= 11 is 0. The van der Waals surface area contributed by atoms with Crippen LogP contribution in [0.1, 0.15) is 12.0 Å². The van der Waals surface area contributed by atoms with E-state index in [-0.39, 0.29) is 12.4 Å². The van der Waals surface area contributed by atoms with Gasteiger partial charge in [-0.1, -0.05) is 0 Å². The molecule has 0 radical (unpaired) electrons. The molecule has 1 atom stereocenters. The van der Waals surface area contributed by atoms with Gasteiger partial charge in [-0.05, 0) is 30.7 Å². The lowest BCUT2D eigenvalue weighted by Gasteiger charge is -2.23. The van der Waals surface area contributed by atoms with Crippen LogP contribution >= 0.6 is 0 Å². The minimum absolute atomic E-state index is 0.210. The Hall–Kier alpha value is -1.92. The van der Waals surface area contributed by atoms with Gasteiger partial charge in [-0.3, -0.25) is 9.58 Å². The Morgan fingerprint density at radius 1 is 1.36 bits per heavy atom. The lowest BCUT2D eigenvalue weighted by molar-refractivity contribution is 0.00336. The molecule has 5 nitrogen and oxygen atoms in total. The molecular formula is C16H20FN3O2. The van der Waals surface area contributed by atoms with Gasteiger partial charge in [0.15, 0.2) is 0 Å². The third-order valence-corrected chi connectivity index (χ3v) is 3.90. The molecule has 118 valence electrons. The molecule has 2 aromatic rings. The van der Waals surface area contributed by atoms with Crippen molar-refractivity contribution in [2.75, 3.05) is 19.7 Å². The normalized spacial score (nSPS) is 22.1. The number of hydrogen-bond donors (Lipinski definition) is 1. The van der Waals surface area contributed by atoms with Gasteiger partial charge in [0, 0.05) is 38.4 Å². The van der Waals surface area contributed by atoms with E-state index in [9.17, 15) is 9.50 Å². The molecule has 22 heavy (non-hydrogen) atoms. The number of aliphatic hydroxyl groups is 1. The van der Waals surface area contributed by atoms with Gasteiger partial charge in [-0.25, -0.2) is 4.39 Å². The van der Waals surface area contributed by atoms with Crippen LogP contribution in [0.3, 0.4) is 0 Å². The molecular weight excluding hydrogens is 285 g/mol. The number of aryl methyl sites for hydroxylation is 1. The number of hydrogen-bond acceptors (Lipinski definition) is 4. The molecule has 1 aromatic heterocycles. The maximum Gasteiger partial charge on any atom is 0.123 e. The third-order valence-electron chi connectivity index (χ3n) is 3.90. The molecule has 0 aliphatic carbocycles. The van der Waals surface area contributed by atoms with Crippen molar-refractivity contribution in [3.05, 3.63) is 48.0 Å². The quantitative estimate of drug-likeness (QED) is 0.911. The van der Waals surface area contributed by atoms with Crippen LogP contribution < -0.4 is 4.74 Å². The van der Waals surface area contributed by atoms with E-state index < -0.39 is 5.60 Å². The number of rotatable bonds is 5. The van der Waals surface area contributed by atoms with E-state index >= 15 is 0 Å². The van der Waals surface area contributed by atoms with Gasteiger partial charge in [-0.2, -0.15) is 5.10 Å². The number of ether oxygens (including phenoxy) is 1. The zero-order chi connectivity index (χ0) is 15.6. The molecule has 1 fully saturated rings. The fraction of sp³-hybridized carbons (Fsp3) is 0.438. The van der Waals surface area contributed by atoms with E-state index in [1.807, 2.05) is 19.4 Å². The van der Waals surface area contributed by atoms with Crippen LogP contribution in [0.25, 0.3) is 0 Å². The summed E-state index contributed by atoms with van der Waals surface area (Å²) in [4.78, 5) is 2.19. The summed E-state index contributed by atoms with van der Waals surface area (Å²) in [6, 6.07) is 5.84. The van der Waals surface area contributed by atoms with Crippen LogP contribution in [0.4, 0.5) is 4.39 Å². The lowest BCUT2D eigenvalue weighted by atomic mass is 10.1. The summed E-state index contributed by atoms with van der Waals surface area (Å²) in [5.74, 6) is 0.273. The summed E-state index contributed by atoms with van der Waals surface area (Å²) < 4.78 is 20.2. The second-order valence-corrected chi connectivity index (χ2v) is 5.95. The van der Waals surface area contributed by atoms with E-state index in [0.29, 0.717) is 18.7 Å². The predicted octanol–water partition coefficient (Wildman–Crippen LogP) is 1.57. The number of nitrogens with zero attached hydrogens (tertiary/aromatic N) is 3. The van der Waals surface area contributed by atoms with Crippen LogP contribution in [0.15, 0.2) is 36.7 Å². The zero-order valence-electron chi connectivity index (χ0n) is 12.6. The molecule has 1 saturated heterocycles. The number of halogens is 1. The van der Waals surface area contributed by atoms with Crippen LogP contribution in [-0.4, -0.2) is 45.1 Å². The van der Waals surface area contributed by atoms with Crippen molar-refractivity contribution in [1.29, 1.82) is 0 Å². The van der Waals surface area contributed by atoms with E-state index in [2.05, 4.69) is 10.00 Å². The number of likely N-dealkylation sites (tertiary alicyclic amines) is 1. The topological polar surface area (TPSA) is 50.5 Å². The lowest BCUT2D eigenvalue weighted by Crippen LogP contribution is -2.39. The second-order valence-electron chi connectivity index (χ2n) is 5.95. The first-order chi connectivity index (χ1) is 10.5. The van der Waals surface area contributed by atoms with Crippen LogP contribution in [-0.2, 0) is 13.6 Å². The molecule has 0 spiro atoms. The van der Waals surface area contributed by atoms with Crippen LogP contribution in [0, 0.1) is 5.82 Å². The molecule has 3 rings (SSSR count). The average Bonchev–Trinajstić information content (AvgIpc) is 3.06. The largest absolute Gasteiger partial charge is 0.491 e. The number of benzene rings is 1. The van der Waals surface area contributed by atoms with E-state index in [1.165, 1.54) is 12.1 Å². The minimum Gasteiger partial charge on any atom is -0.491 e. The highest BCUT2D eigenvalue weighted by Gasteiger charge is 2.36. The Labute approximate surface area is 128 Å². The Bertz CT molecular complexity index is 629. The third kappa shape index (κ3) is 3.64. The molecule has 0 unspecified atom stereocenters. The van der Waals surface area contributed by atoms with Crippen molar-refractivity contribution in [1.82, 2.24) is 14.7 Å². The molecule has 1 aromatic carbocycles. The SMILES string of the molecule is Cn1cc(CN2CC[C@@](O)(COc3ccc(F)cc3)C2)cn1. The summed E-state index contributed by atoms with van der Waals surface area (Å²) in [7, 11) is 1.89. The monoisotopic (exact) mass is 305 g/mol. The van der Waals surface area contributed by atoms with Crippen molar-refractivity contribution in [3.8, 4) is 5.75 Å². The molecule has 6 heteroatoms. The smallest absolute Gasteiger partial charge is 0.123 e. The summed E-state index contributed by atoms with van der Waals surface area (Å²) in [5, 5.41) is 14.7. The maximum atomic E-state index is 12.8. The highest BCUT2D eigenvalue weighted by Crippen LogP contribution is 2.24. The minimum atomic E-state index is -0.864. The standard InChI is InChI=1S/C16H20FN3O2/c1-19-9-13(8-18-19)10-20-7-6-16(21,11-20)12-22-15-4-2-14(17)3-5-15/h2-5,8-9,21H,6-7,10-12H2,1H3/t16-/m0/s1. The Kier molecular flexibility index (Phi) is 4.13. The fourth-order valence-electron chi connectivity index (χ4n) is 2.75. The first-order valence-corrected chi connectivity index (χ1v) is 7.33. The number of aromatic nitrogens is 2. The molecule has 0 saturated carbocycles. The van der Waals surface area contributed by atoms with Gasteiger partial charge in [-0.15, -0.1) is 0 Å². The highest BCUT2D eigenvalue weighted by atomic mass is 19.1. The van der Waals surface area contributed by atoms with E-state index in [1.54, 1.807) is 16.8 Å². The average molecular weight is 305 g/mol. The first-order valence-electron chi connectivity index (χ1n) is 7.33. The van der Waals surface area contributed by atoms with Crippen molar-refractivity contribution < 1.29 is 14.2 Å². The van der Waals surface area contributed by atoms with Gasteiger partial charge < -0.3 is 9.84 Å². The Balaban J connectivity index is 1.52. The molecule has 1 N–H and O–H groups in total. The molecule has 0 amide bonds. The number of β-amino-alcohol motifs (C(OH)–C–C–N with tert-alkyl or cyclic N) is 1. The Morgan fingerprint density at radius 2 is 2.14 bits per heavy atom. The van der Waals surface area contributed by atoms with E-state index in [4.69, 9.17) is 4.74 Å². The molecule has 2 heterocycles. The summed E-state index contributed by atoms with van der Waals surface area (Å²) in [6.07, 6.45) is 4.48. The van der Waals surface area contributed by atoms with Crippen LogP contribution in [0.2, 0.25) is 0 Å². The fourth-order valence-corrected chi connectivity index (χ4v) is 2.75. The summed E-state index contributed by atoms with van der Waals surface area (Å²) in [6.45, 7) is 2.36. The van der Waals surface area contributed by atoms with Gasteiger partial charge in [0.25, 0.3) is 0 Å². The second kappa shape index (κ2) is 6.06. The summed E-state index contributed by atoms with van der Waals surface area (Å²) in [5.41, 5.74) is 0.266. The molecule has 0 bridgehead atoms. The van der Waals surface area contributed by atoms with Gasteiger partial charge in [0.1, 0.15) is 23.8 Å². The van der Waals surface area contributed by atoms with Crippen molar-refractivity contribution in [2.45, 2.75) is 18.6 Å². The van der Waals surface area contributed by atoms with Gasteiger partial charge in [0.05, 0.1) is 6.20 Å². The van der Waals surface area contributed by atoms with Crippen LogP contribution in [0.5, 0.6) is 5.75 Å². The zero-order valence-corrected chi connectivity index (χ0v) is 12.6. The molecule has 1 aliphatic rings. The van der Waals surface area contributed by atoms with Crippen molar-refractivity contribution in [3.63, 3.8) is 0 Å². The maximum absolute atomic E-state index is 12.8. The van der Waals surface area contributed by atoms with Crippen molar-refractivity contribution >= 4 is 0 Å². The highest BCUT2D eigenvalue weighted by molar-refractivity contribution is 5.22. The van der Waals surface area contributed by atoms with Crippen molar-refractivity contribution in [2.24, 2.45) is 7.05 Å². The predicted molar refractivity (Wildman–Crippen MR) is 79.9 cm³/mol. The first kappa shape index (κ1) is 15.0.